The van der Waals surface area contributed by atoms with E-state index in [1.165, 1.54) is 12.8 Å². The molecule has 1 fully saturated rings. The highest BCUT2D eigenvalue weighted by Gasteiger charge is 2.34. The lowest BCUT2D eigenvalue weighted by Crippen LogP contribution is -2.33. The average molecular weight is 134 g/mol. The van der Waals surface area contributed by atoms with E-state index in [1.807, 2.05) is 0 Å². The van der Waals surface area contributed by atoms with Gasteiger partial charge in [-0.25, -0.2) is 0 Å². The van der Waals surface area contributed by atoms with Gasteiger partial charge in [0.25, 0.3) is 0 Å². The fourth-order valence-corrected chi connectivity index (χ4v) is 2.21. The third-order valence-corrected chi connectivity index (χ3v) is 3.09. The molecule has 0 aromatic heterocycles. The van der Waals surface area contributed by atoms with Gasteiger partial charge >= 0.3 is 0 Å². The van der Waals surface area contributed by atoms with Crippen LogP contribution in [0.4, 0.5) is 0 Å². The quantitative estimate of drug-likeness (QED) is 0.446. The molecule has 0 N–H and O–H groups in total. The van der Waals surface area contributed by atoms with E-state index in [9.17, 15) is 0 Å². The maximum absolute atomic E-state index is 4.15. The Morgan fingerprint density at radius 2 is 1.30 bits per heavy atom. The minimum Gasteiger partial charge on any atom is -0.0848 e. The lowest BCUT2D eigenvalue weighted by Gasteiger charge is -2.41. The molecule has 0 aromatic rings. The van der Waals surface area contributed by atoms with Gasteiger partial charge < -0.3 is 0 Å². The molecule has 0 heterocycles. The van der Waals surface area contributed by atoms with Gasteiger partial charge in [0, 0.05) is 0 Å². The van der Waals surface area contributed by atoms with Gasteiger partial charge in [0.05, 0.1) is 0 Å². The topological polar surface area (TPSA) is 0 Å². The van der Waals surface area contributed by atoms with Crippen molar-refractivity contribution in [1.29, 1.82) is 0 Å². The third kappa shape index (κ3) is 0.744. The molecule has 0 heteroatoms. The van der Waals surface area contributed by atoms with Gasteiger partial charge in [-0.05, 0) is 50.4 Å². The third-order valence-electron chi connectivity index (χ3n) is 3.09. The van der Waals surface area contributed by atoms with Crippen LogP contribution in [0.3, 0.4) is 0 Å². The lowest BCUT2D eigenvalue weighted by atomic mass is 9.64. The van der Waals surface area contributed by atoms with Gasteiger partial charge in [-0.1, -0.05) is 12.2 Å². The van der Waals surface area contributed by atoms with Crippen LogP contribution >= 0.6 is 0 Å². The van der Waals surface area contributed by atoms with Crippen molar-refractivity contribution < 1.29 is 0 Å². The Hall–Kier alpha value is -0.260. The van der Waals surface area contributed by atoms with E-state index < -0.39 is 0 Å². The van der Waals surface area contributed by atoms with E-state index in [2.05, 4.69) is 26.0 Å². The van der Waals surface area contributed by atoms with Crippen LogP contribution in [0.5, 0.6) is 0 Å². The fraction of sp³-hybridized carbons (Fsp3) is 0.600. The van der Waals surface area contributed by atoms with E-state index in [0.717, 1.165) is 11.8 Å². The second-order valence-electron chi connectivity index (χ2n) is 3.62. The van der Waals surface area contributed by atoms with Gasteiger partial charge in [0.1, 0.15) is 0 Å². The minimum atomic E-state index is 0.587. The van der Waals surface area contributed by atoms with E-state index in [-0.39, 0.29) is 0 Å². The molecule has 0 aliphatic heterocycles. The van der Waals surface area contributed by atoms with Crippen molar-refractivity contribution in [3.05, 3.63) is 26.0 Å². The first-order valence-corrected chi connectivity index (χ1v) is 4.13. The molecular weight excluding hydrogens is 120 g/mol. The molecule has 3 aliphatic carbocycles. The number of fused-ring (bicyclic) bond motifs is 2. The first-order chi connectivity index (χ1) is 4.79. The predicted molar refractivity (Wildman–Crippen MR) is 43.0 cm³/mol. The van der Waals surface area contributed by atoms with E-state index in [0.29, 0.717) is 11.8 Å². The van der Waals surface area contributed by atoms with E-state index in [1.54, 1.807) is 0 Å². The van der Waals surface area contributed by atoms with Crippen LogP contribution < -0.4 is 0 Å². The summed E-state index contributed by atoms with van der Waals surface area (Å²) in [6, 6.07) is 0. The van der Waals surface area contributed by atoms with Crippen LogP contribution in [0.25, 0.3) is 0 Å². The molecule has 0 spiro atoms. The van der Waals surface area contributed by atoms with Crippen LogP contribution in [0.2, 0.25) is 0 Å². The highest BCUT2D eigenvalue weighted by Crippen LogP contribution is 2.43. The summed E-state index contributed by atoms with van der Waals surface area (Å²) in [7, 11) is 0. The molecule has 2 radical (unpaired) electrons. The maximum atomic E-state index is 4.15. The fourth-order valence-electron chi connectivity index (χ4n) is 2.21. The Balaban J connectivity index is 2.25. The monoisotopic (exact) mass is 134 g/mol. The molecule has 10 heavy (non-hydrogen) atoms. The van der Waals surface area contributed by atoms with Crippen LogP contribution in [0, 0.1) is 37.5 Å². The van der Waals surface area contributed by atoms with Crippen molar-refractivity contribution >= 4 is 0 Å². The molecule has 0 nitrogen and oxygen atoms in total. The van der Waals surface area contributed by atoms with Crippen LogP contribution in [0.15, 0.2) is 12.2 Å². The van der Waals surface area contributed by atoms with Crippen molar-refractivity contribution in [1.82, 2.24) is 0 Å². The average Bonchev–Trinajstić information content (AvgIpc) is 2.00. The summed E-state index contributed by atoms with van der Waals surface area (Å²) in [5.74, 6) is 2.66. The summed E-state index contributed by atoms with van der Waals surface area (Å²) < 4.78 is 0. The highest BCUT2D eigenvalue weighted by atomic mass is 14.4. The molecule has 0 amide bonds. The van der Waals surface area contributed by atoms with Crippen molar-refractivity contribution in [3.63, 3.8) is 0 Å². The summed E-state index contributed by atoms with van der Waals surface area (Å²) in [5, 5.41) is 0. The van der Waals surface area contributed by atoms with Crippen molar-refractivity contribution in [2.24, 2.45) is 23.7 Å². The molecular formula is C10H14. The van der Waals surface area contributed by atoms with Crippen LogP contribution in [-0.2, 0) is 0 Å². The Bertz CT molecular complexity index is 139. The molecule has 4 atom stereocenters. The molecule has 54 valence electrons. The Morgan fingerprint density at radius 1 is 0.900 bits per heavy atom. The van der Waals surface area contributed by atoms with Gasteiger partial charge in [-0.15, -0.1) is 0 Å². The summed E-state index contributed by atoms with van der Waals surface area (Å²) >= 11 is 0. The molecule has 4 unspecified atom stereocenters. The summed E-state index contributed by atoms with van der Waals surface area (Å²) in [6.45, 7) is 8.29. The zero-order valence-electron chi connectivity index (χ0n) is 6.29. The zero-order chi connectivity index (χ0) is 7.14. The summed E-state index contributed by atoms with van der Waals surface area (Å²) in [4.78, 5) is 0. The minimum absolute atomic E-state index is 0.587. The summed E-state index contributed by atoms with van der Waals surface area (Å²) in [6.07, 6.45) is 7.38. The normalized spacial score (nSPS) is 51.8. The lowest BCUT2D eigenvalue weighted by molar-refractivity contribution is 0.194. The smallest absolute Gasteiger partial charge is 0.0202 e. The number of hydrogen-bond acceptors (Lipinski definition) is 0. The molecule has 1 saturated carbocycles. The first-order valence-electron chi connectivity index (χ1n) is 4.13. The van der Waals surface area contributed by atoms with Crippen molar-refractivity contribution in [3.8, 4) is 0 Å². The second kappa shape index (κ2) is 2.11. The standard InChI is InChI=1S/C10H14/c1-7-8(2)10-5-3-9(7)4-6-10/h3,5,7-10H,1-2,4,6H2. The molecule has 3 rings (SSSR count). The van der Waals surface area contributed by atoms with E-state index >= 15 is 0 Å². The van der Waals surface area contributed by atoms with Gasteiger partial charge in [0.2, 0.25) is 0 Å². The summed E-state index contributed by atoms with van der Waals surface area (Å²) in [5.41, 5.74) is 0. The number of allylic oxidation sites excluding steroid dienone is 2. The Kier molecular flexibility index (Phi) is 1.36. The zero-order valence-corrected chi connectivity index (χ0v) is 6.29. The highest BCUT2D eigenvalue weighted by molar-refractivity contribution is 5.10. The predicted octanol–water partition coefficient (Wildman–Crippen LogP) is 2.48. The van der Waals surface area contributed by atoms with Gasteiger partial charge in [-0.3, -0.25) is 0 Å². The Morgan fingerprint density at radius 3 is 1.50 bits per heavy atom. The van der Waals surface area contributed by atoms with Crippen molar-refractivity contribution in [2.75, 3.05) is 0 Å². The SMILES string of the molecule is [CH2]C1C2C=CC(CC2)C1[CH2]. The molecule has 0 aromatic carbocycles. The van der Waals surface area contributed by atoms with Gasteiger partial charge in [-0.2, -0.15) is 0 Å². The van der Waals surface area contributed by atoms with E-state index in [4.69, 9.17) is 0 Å². The second-order valence-corrected chi connectivity index (χ2v) is 3.62. The Labute approximate surface area is 63.3 Å². The molecule has 3 aliphatic rings. The van der Waals surface area contributed by atoms with Gasteiger partial charge in [0.15, 0.2) is 0 Å². The number of hydrogen-bond donors (Lipinski definition) is 0. The first kappa shape index (κ1) is 6.45. The largest absolute Gasteiger partial charge is 0.0848 e. The maximum Gasteiger partial charge on any atom is -0.0202 e. The van der Waals surface area contributed by atoms with Crippen molar-refractivity contribution in [2.45, 2.75) is 12.8 Å². The van der Waals surface area contributed by atoms with Crippen LogP contribution in [0.1, 0.15) is 12.8 Å². The number of rotatable bonds is 0. The van der Waals surface area contributed by atoms with Crippen LogP contribution in [-0.4, -0.2) is 0 Å². The molecule has 2 bridgehead atoms. The molecule has 0 saturated heterocycles.